The first kappa shape index (κ1) is 23.4. The van der Waals surface area contributed by atoms with Gasteiger partial charge in [0.15, 0.2) is 6.07 Å². The van der Waals surface area contributed by atoms with E-state index < -0.39 is 17.9 Å². The molecule has 0 aliphatic rings. The van der Waals surface area contributed by atoms with Crippen molar-refractivity contribution in [1.82, 2.24) is 0 Å². The molecule has 14 heavy (non-hydrogen) atoms. The first-order valence-electron chi connectivity index (χ1n) is 2.76. The van der Waals surface area contributed by atoms with Crippen molar-refractivity contribution >= 4 is 66.8 Å². The molecule has 0 amide bonds. The Bertz CT molecular complexity index is 210. The van der Waals surface area contributed by atoms with Crippen LogP contribution in [0.25, 0.3) is 0 Å². The third-order valence-electron chi connectivity index (χ3n) is 0.0956. The number of carbonyl (C=O) groups is 3. The fraction of sp³-hybridized carbons (Fsp3) is 0.333. The van der Waals surface area contributed by atoms with Crippen LogP contribution in [-0.4, -0.2) is 82.1 Å². The molecule has 0 saturated heterocycles. The summed E-state index contributed by atoms with van der Waals surface area (Å²) in [7, 11) is 0. The van der Waals surface area contributed by atoms with Crippen molar-refractivity contribution in [2.75, 3.05) is 0 Å². The molecule has 0 aromatic heterocycles. The molecule has 0 unspecified atom stereocenters. The summed E-state index contributed by atoms with van der Waals surface area (Å²) in [6.45, 7) is 2.17. The summed E-state index contributed by atoms with van der Waals surface area (Å²) in [5.74, 6) is -3.11. The van der Waals surface area contributed by atoms with E-state index in [1.807, 2.05) is 0 Å². The Hall–Kier alpha value is -0.529. The Morgan fingerprint density at radius 3 is 1.14 bits per heavy atom. The van der Waals surface area contributed by atoms with Crippen molar-refractivity contribution in [2.24, 2.45) is 0 Å². The number of hydrogen-bond donors (Lipinski definition) is 3. The number of hydrogen-bond acceptors (Lipinski definition) is 4. The van der Waals surface area contributed by atoms with E-state index in [1.165, 1.54) is 0 Å². The molecule has 0 aliphatic heterocycles. The van der Waals surface area contributed by atoms with Crippen LogP contribution < -0.4 is 0 Å². The Balaban J connectivity index is -0.0000000216. The zero-order valence-electron chi connectivity index (χ0n) is 9.72. The monoisotopic (exact) mass is 331 g/mol. The van der Waals surface area contributed by atoms with Crippen molar-refractivity contribution in [3.8, 4) is 6.07 Å². The van der Waals surface area contributed by atoms with Gasteiger partial charge in [0.25, 0.3) is 11.9 Å². The summed E-state index contributed by atoms with van der Waals surface area (Å²) in [6.07, 6.45) is 0. The van der Waals surface area contributed by atoms with Gasteiger partial charge >= 0.3 is 54.9 Å². The van der Waals surface area contributed by atoms with Gasteiger partial charge in [0.05, 0.1) is 0 Å². The van der Waals surface area contributed by atoms with Crippen molar-refractivity contribution in [3.05, 3.63) is 0 Å². The minimum absolute atomic E-state index is 0. The average Bonchev–Trinajstić information content (AvgIpc) is 1.84. The van der Waals surface area contributed by atoms with Gasteiger partial charge in [-0.3, -0.25) is 9.59 Å². The van der Waals surface area contributed by atoms with Crippen LogP contribution in [0.3, 0.4) is 0 Å². The maximum atomic E-state index is 9.01. The van der Waals surface area contributed by atoms with Crippen LogP contribution in [0.2, 0.25) is 0 Å². The fourth-order valence-electron chi connectivity index (χ4n) is 0. The maximum Gasteiger partial charge on any atom is 2.00 e. The van der Waals surface area contributed by atoms with Crippen LogP contribution in [0.15, 0.2) is 0 Å². The van der Waals surface area contributed by atoms with E-state index >= 15 is 0 Å². The summed E-state index contributed by atoms with van der Waals surface area (Å²) in [6, 6.07) is 0.944. The number of rotatable bonds is 0. The first-order chi connectivity index (χ1) is 5.73. The number of nitriles is 1. The molecule has 8 heteroatoms. The zero-order valence-corrected chi connectivity index (χ0v) is 12.2. The molecule has 0 rings (SSSR count). The van der Waals surface area contributed by atoms with Crippen molar-refractivity contribution in [2.45, 2.75) is 13.8 Å². The normalized spacial score (nSPS) is 5.50. The van der Waals surface area contributed by atoms with Crippen LogP contribution in [0.4, 0.5) is 0 Å². The molecule has 78 valence electrons. The second kappa shape index (κ2) is 18.3. The molecular formula is C6H11BaNO6. The summed E-state index contributed by atoms with van der Waals surface area (Å²) in [5, 5.41) is 29.5. The predicted molar refractivity (Wildman–Crippen MR) is 47.8 cm³/mol. The molecule has 3 N–H and O–H groups in total. The average molecular weight is 330 g/mol. The van der Waals surface area contributed by atoms with Crippen LogP contribution in [0.5, 0.6) is 0 Å². The second-order valence-corrected chi connectivity index (χ2v) is 1.45. The van der Waals surface area contributed by atoms with Gasteiger partial charge in [-0.1, -0.05) is 0 Å². The standard InChI is InChI=1S/C2HNO2.2C2H4O2.Ba.2H/c3-1-2(4)5;2*1-2(3)4;;;/h(H,4,5);2*1H3,(H,3,4);;;/q;;;+2;2*-1. The van der Waals surface area contributed by atoms with E-state index in [0.29, 0.717) is 0 Å². The van der Waals surface area contributed by atoms with E-state index in [1.54, 1.807) is 0 Å². The first-order valence-corrected chi connectivity index (χ1v) is 2.76. The van der Waals surface area contributed by atoms with Crippen molar-refractivity contribution in [3.63, 3.8) is 0 Å². The SMILES string of the molecule is CC(=O)O.CC(=O)O.N#CC(=O)O.[Ba+2].[H-].[H-]. The van der Waals surface area contributed by atoms with E-state index in [9.17, 15) is 0 Å². The van der Waals surface area contributed by atoms with E-state index in [4.69, 9.17) is 35.0 Å². The number of carboxylic acids is 3. The Morgan fingerprint density at radius 1 is 1.07 bits per heavy atom. The van der Waals surface area contributed by atoms with Gasteiger partial charge in [0.2, 0.25) is 0 Å². The number of nitrogens with zero attached hydrogens (tertiary/aromatic N) is 1. The zero-order chi connectivity index (χ0) is 11.4. The van der Waals surface area contributed by atoms with Crippen LogP contribution in [0.1, 0.15) is 16.7 Å². The molecule has 0 aromatic rings. The maximum absolute atomic E-state index is 9.01. The Morgan fingerprint density at radius 2 is 1.14 bits per heavy atom. The Labute approximate surface area is 123 Å². The Kier molecular flexibility index (Phi) is 30.5. The molecule has 0 aliphatic carbocycles. The molecule has 0 radical (unpaired) electrons. The van der Waals surface area contributed by atoms with Crippen LogP contribution in [0, 0.1) is 11.3 Å². The van der Waals surface area contributed by atoms with Gasteiger partial charge in [-0.2, -0.15) is 5.26 Å². The van der Waals surface area contributed by atoms with E-state index in [2.05, 4.69) is 0 Å². The minimum Gasteiger partial charge on any atom is -1.00 e. The molecule has 7 nitrogen and oxygen atoms in total. The molecule has 0 bridgehead atoms. The largest absolute Gasteiger partial charge is 2.00 e. The van der Waals surface area contributed by atoms with Crippen molar-refractivity contribution < 1.29 is 32.6 Å². The molecule has 0 saturated carbocycles. The summed E-state index contributed by atoms with van der Waals surface area (Å²) in [4.78, 5) is 27.0. The quantitative estimate of drug-likeness (QED) is 0.313. The van der Waals surface area contributed by atoms with Crippen LogP contribution >= 0.6 is 0 Å². The van der Waals surface area contributed by atoms with E-state index in [-0.39, 0.29) is 51.7 Å². The van der Waals surface area contributed by atoms with Crippen molar-refractivity contribution in [1.29, 1.82) is 5.26 Å². The topological polar surface area (TPSA) is 136 Å². The molecule has 0 aromatic carbocycles. The third kappa shape index (κ3) is 581. The fourth-order valence-corrected chi connectivity index (χ4v) is 0. The van der Waals surface area contributed by atoms with Gasteiger partial charge < -0.3 is 18.2 Å². The molecule has 0 atom stereocenters. The third-order valence-corrected chi connectivity index (χ3v) is 0.0956. The predicted octanol–water partition coefficient (Wildman–Crippen LogP) is -0.379. The number of carboxylic acid groups (broad SMARTS) is 3. The second-order valence-electron chi connectivity index (χ2n) is 1.45. The van der Waals surface area contributed by atoms with Gasteiger partial charge in [0, 0.05) is 13.8 Å². The summed E-state index contributed by atoms with van der Waals surface area (Å²) < 4.78 is 0. The van der Waals surface area contributed by atoms with Gasteiger partial charge in [-0.25, -0.2) is 4.79 Å². The molecular weight excluding hydrogens is 319 g/mol. The van der Waals surface area contributed by atoms with Crippen LogP contribution in [-0.2, 0) is 14.4 Å². The van der Waals surface area contributed by atoms with E-state index in [0.717, 1.165) is 19.9 Å². The van der Waals surface area contributed by atoms with Gasteiger partial charge in [-0.05, 0) is 0 Å². The summed E-state index contributed by atoms with van der Waals surface area (Å²) >= 11 is 0. The minimum atomic E-state index is -1.44. The smallest absolute Gasteiger partial charge is 1.00 e. The number of aliphatic carboxylic acids is 3. The molecule has 0 heterocycles. The molecule has 0 spiro atoms. The molecule has 0 fully saturated rings. The van der Waals surface area contributed by atoms with Gasteiger partial charge in [0.1, 0.15) is 0 Å². The van der Waals surface area contributed by atoms with Gasteiger partial charge in [-0.15, -0.1) is 0 Å². The summed E-state index contributed by atoms with van der Waals surface area (Å²) in [5.41, 5.74) is 0.